The molecule has 1 N–H and O–H groups in total. The Balaban J connectivity index is 2.19. The fraction of sp³-hybridized carbons (Fsp3) is 0.625. The average Bonchev–Trinajstić information content (AvgIpc) is 2.46. The number of hydrogen-bond donors (Lipinski definition) is 1. The molecule has 1 aromatic rings. The number of benzene rings is 1. The summed E-state index contributed by atoms with van der Waals surface area (Å²) in [6.07, 6.45) is 9.67. The molecule has 0 saturated carbocycles. The van der Waals surface area contributed by atoms with Crippen LogP contribution < -0.4 is 4.72 Å². The van der Waals surface area contributed by atoms with Crippen LogP contribution in [0.15, 0.2) is 33.6 Å². The van der Waals surface area contributed by atoms with Crippen molar-refractivity contribution in [2.45, 2.75) is 63.2 Å². The second kappa shape index (κ2) is 10.4. The summed E-state index contributed by atoms with van der Waals surface area (Å²) in [4.78, 5) is 0.310. The maximum absolute atomic E-state index is 12.1. The molecular weight excluding hydrogens is 350 g/mol. The van der Waals surface area contributed by atoms with E-state index in [1.54, 1.807) is 18.2 Å². The molecule has 0 aromatic heterocycles. The Bertz CT molecular complexity index is 503. The van der Waals surface area contributed by atoms with E-state index in [1.165, 1.54) is 38.5 Å². The first-order valence-corrected chi connectivity index (χ1v) is 10.1. The number of hydrogen-bond acceptors (Lipinski definition) is 2. The number of nitrogens with one attached hydrogen (secondary N) is 1. The van der Waals surface area contributed by atoms with E-state index in [9.17, 15) is 8.42 Å². The highest BCUT2D eigenvalue weighted by molar-refractivity contribution is 9.10. The first-order valence-electron chi connectivity index (χ1n) is 7.82. The third-order valence-corrected chi connectivity index (χ3v) is 5.92. The topological polar surface area (TPSA) is 46.2 Å². The molecule has 0 aliphatic carbocycles. The SMILES string of the molecule is CCCCCCCCCCNS(=O)(=O)c1ccccc1Br. The smallest absolute Gasteiger partial charge is 0.211 e. The third kappa shape index (κ3) is 7.43. The second-order valence-electron chi connectivity index (χ2n) is 5.30. The van der Waals surface area contributed by atoms with Gasteiger partial charge in [-0.15, -0.1) is 0 Å². The van der Waals surface area contributed by atoms with Crippen molar-refractivity contribution < 1.29 is 8.42 Å². The molecular formula is C16H26BrNO2S. The summed E-state index contributed by atoms with van der Waals surface area (Å²) in [7, 11) is -3.39. The van der Waals surface area contributed by atoms with E-state index in [2.05, 4.69) is 27.6 Å². The first kappa shape index (κ1) is 18.7. The maximum atomic E-state index is 12.1. The van der Waals surface area contributed by atoms with E-state index < -0.39 is 10.0 Å². The Labute approximate surface area is 137 Å². The Hall–Kier alpha value is -0.390. The van der Waals surface area contributed by atoms with Crippen molar-refractivity contribution in [2.75, 3.05) is 6.54 Å². The minimum atomic E-state index is -3.39. The molecule has 0 bridgehead atoms. The minimum absolute atomic E-state index is 0.310. The van der Waals surface area contributed by atoms with E-state index in [0.29, 0.717) is 15.9 Å². The van der Waals surface area contributed by atoms with Crippen LogP contribution in [0.25, 0.3) is 0 Å². The summed E-state index contributed by atoms with van der Waals surface area (Å²) in [6.45, 7) is 2.73. The van der Waals surface area contributed by atoms with E-state index in [1.807, 2.05) is 6.07 Å². The van der Waals surface area contributed by atoms with Gasteiger partial charge in [0.1, 0.15) is 0 Å². The summed E-state index contributed by atoms with van der Waals surface area (Å²) < 4.78 is 27.5. The monoisotopic (exact) mass is 375 g/mol. The van der Waals surface area contributed by atoms with Crippen LogP contribution >= 0.6 is 15.9 Å². The minimum Gasteiger partial charge on any atom is -0.211 e. The Morgan fingerprint density at radius 2 is 1.52 bits per heavy atom. The number of sulfonamides is 1. The van der Waals surface area contributed by atoms with Crippen molar-refractivity contribution >= 4 is 26.0 Å². The van der Waals surface area contributed by atoms with Gasteiger partial charge in [-0.25, -0.2) is 13.1 Å². The van der Waals surface area contributed by atoms with E-state index >= 15 is 0 Å². The Kier molecular flexibility index (Phi) is 9.20. The summed E-state index contributed by atoms with van der Waals surface area (Å²) >= 11 is 3.28. The summed E-state index contributed by atoms with van der Waals surface area (Å²) in [5, 5.41) is 0. The van der Waals surface area contributed by atoms with Gasteiger partial charge >= 0.3 is 0 Å². The number of rotatable bonds is 11. The molecule has 0 unspecified atom stereocenters. The van der Waals surface area contributed by atoms with Crippen molar-refractivity contribution in [2.24, 2.45) is 0 Å². The molecule has 0 fully saturated rings. The molecule has 0 aliphatic heterocycles. The van der Waals surface area contributed by atoms with Crippen LogP contribution in [-0.4, -0.2) is 15.0 Å². The van der Waals surface area contributed by atoms with Gasteiger partial charge in [0.25, 0.3) is 0 Å². The van der Waals surface area contributed by atoms with E-state index in [4.69, 9.17) is 0 Å². The lowest BCUT2D eigenvalue weighted by molar-refractivity contribution is 0.559. The Morgan fingerprint density at radius 1 is 0.952 bits per heavy atom. The highest BCUT2D eigenvalue weighted by Crippen LogP contribution is 2.20. The summed E-state index contributed by atoms with van der Waals surface area (Å²) in [5.41, 5.74) is 0. The molecule has 0 heterocycles. The molecule has 120 valence electrons. The third-order valence-electron chi connectivity index (χ3n) is 3.45. The van der Waals surface area contributed by atoms with Crippen molar-refractivity contribution in [1.82, 2.24) is 4.72 Å². The zero-order valence-corrected chi connectivity index (χ0v) is 15.2. The van der Waals surface area contributed by atoms with Gasteiger partial charge in [-0.2, -0.15) is 0 Å². The zero-order valence-electron chi connectivity index (χ0n) is 12.8. The van der Waals surface area contributed by atoms with Gasteiger partial charge in [0, 0.05) is 11.0 Å². The van der Waals surface area contributed by atoms with Crippen LogP contribution in [0.5, 0.6) is 0 Å². The molecule has 5 heteroatoms. The van der Waals surface area contributed by atoms with Crippen molar-refractivity contribution in [3.05, 3.63) is 28.7 Å². The maximum Gasteiger partial charge on any atom is 0.241 e. The van der Waals surface area contributed by atoms with E-state index in [0.717, 1.165) is 12.8 Å². The lowest BCUT2D eigenvalue weighted by Crippen LogP contribution is -2.25. The average molecular weight is 376 g/mol. The number of halogens is 1. The molecule has 3 nitrogen and oxygen atoms in total. The fourth-order valence-electron chi connectivity index (χ4n) is 2.21. The van der Waals surface area contributed by atoms with Gasteiger partial charge in [0.15, 0.2) is 0 Å². The van der Waals surface area contributed by atoms with Crippen LogP contribution in [0.4, 0.5) is 0 Å². The molecule has 0 saturated heterocycles. The predicted octanol–water partition coefficient (Wildman–Crippen LogP) is 4.87. The van der Waals surface area contributed by atoms with Crippen LogP contribution in [0.1, 0.15) is 58.3 Å². The quantitative estimate of drug-likeness (QED) is 0.560. The zero-order chi connectivity index (χ0) is 15.6. The van der Waals surface area contributed by atoms with Crippen molar-refractivity contribution in [3.8, 4) is 0 Å². The molecule has 0 amide bonds. The first-order chi connectivity index (χ1) is 10.1. The molecule has 0 atom stereocenters. The standard InChI is InChI=1S/C16H26BrNO2S/c1-2-3-4-5-6-7-8-11-14-18-21(19,20)16-13-10-9-12-15(16)17/h9-10,12-13,18H,2-8,11,14H2,1H3. The van der Waals surface area contributed by atoms with Gasteiger partial charge in [0.05, 0.1) is 4.90 Å². The highest BCUT2D eigenvalue weighted by atomic mass is 79.9. The molecule has 1 aromatic carbocycles. The highest BCUT2D eigenvalue weighted by Gasteiger charge is 2.15. The molecule has 0 spiro atoms. The molecule has 0 aliphatic rings. The van der Waals surface area contributed by atoms with Gasteiger partial charge in [-0.1, -0.05) is 64.0 Å². The second-order valence-corrected chi connectivity index (χ2v) is 7.89. The van der Waals surface area contributed by atoms with Crippen LogP contribution in [-0.2, 0) is 10.0 Å². The van der Waals surface area contributed by atoms with Gasteiger partial charge < -0.3 is 0 Å². The van der Waals surface area contributed by atoms with Crippen LogP contribution in [0, 0.1) is 0 Å². The van der Waals surface area contributed by atoms with Gasteiger partial charge in [-0.05, 0) is 34.5 Å². The predicted molar refractivity (Wildman–Crippen MR) is 91.9 cm³/mol. The van der Waals surface area contributed by atoms with Crippen molar-refractivity contribution in [3.63, 3.8) is 0 Å². The Morgan fingerprint density at radius 3 is 2.14 bits per heavy atom. The molecule has 0 radical (unpaired) electrons. The molecule has 1 rings (SSSR count). The lowest BCUT2D eigenvalue weighted by atomic mass is 10.1. The van der Waals surface area contributed by atoms with Crippen LogP contribution in [0.2, 0.25) is 0 Å². The van der Waals surface area contributed by atoms with Gasteiger partial charge in [-0.3, -0.25) is 0 Å². The summed E-state index contributed by atoms with van der Waals surface area (Å²) in [5.74, 6) is 0. The van der Waals surface area contributed by atoms with Gasteiger partial charge in [0.2, 0.25) is 10.0 Å². The number of unbranched alkanes of at least 4 members (excludes halogenated alkanes) is 7. The summed E-state index contributed by atoms with van der Waals surface area (Å²) in [6, 6.07) is 6.89. The van der Waals surface area contributed by atoms with Crippen LogP contribution in [0.3, 0.4) is 0 Å². The normalized spacial score (nSPS) is 11.7. The van der Waals surface area contributed by atoms with Crippen molar-refractivity contribution in [1.29, 1.82) is 0 Å². The van der Waals surface area contributed by atoms with E-state index in [-0.39, 0.29) is 0 Å². The largest absolute Gasteiger partial charge is 0.241 e. The fourth-order valence-corrected chi connectivity index (χ4v) is 4.28. The molecule has 21 heavy (non-hydrogen) atoms. The lowest BCUT2D eigenvalue weighted by Gasteiger charge is -2.08.